The predicted molar refractivity (Wildman–Crippen MR) is 101 cm³/mol. The third kappa shape index (κ3) is 3.86. The number of nitrogens with one attached hydrogen (secondary N) is 2. The molecule has 1 fully saturated rings. The SMILES string of the molecule is CC(C)n1cc([C@@H]2OCC[C@H]2NC(=O)Nc2cnn(-c3ncccn3)c2)cn1. The molecule has 0 bridgehead atoms. The average Bonchev–Trinajstić information content (AvgIpc) is 3.42. The van der Waals surface area contributed by atoms with Crippen LogP contribution in [0.15, 0.2) is 43.2 Å². The Morgan fingerprint density at radius 3 is 2.79 bits per heavy atom. The molecule has 2 atom stereocenters. The van der Waals surface area contributed by atoms with E-state index in [0.717, 1.165) is 12.0 Å². The lowest BCUT2D eigenvalue weighted by Gasteiger charge is -2.19. The van der Waals surface area contributed by atoms with Crippen molar-refractivity contribution in [3.8, 4) is 5.95 Å². The number of ether oxygens (including phenoxy) is 1. The van der Waals surface area contributed by atoms with Gasteiger partial charge in [-0.2, -0.15) is 10.2 Å². The molecule has 2 amide bonds. The van der Waals surface area contributed by atoms with Crippen LogP contribution in [-0.2, 0) is 4.74 Å². The summed E-state index contributed by atoms with van der Waals surface area (Å²) >= 11 is 0. The molecular formula is C18H22N8O2. The third-order valence-electron chi connectivity index (χ3n) is 4.48. The zero-order chi connectivity index (χ0) is 19.5. The number of nitrogens with zero attached hydrogens (tertiary/aromatic N) is 6. The first-order chi connectivity index (χ1) is 13.6. The molecule has 0 radical (unpaired) electrons. The van der Waals surface area contributed by atoms with Crippen LogP contribution in [0.5, 0.6) is 0 Å². The minimum absolute atomic E-state index is 0.127. The van der Waals surface area contributed by atoms with E-state index in [-0.39, 0.29) is 24.2 Å². The van der Waals surface area contributed by atoms with E-state index in [2.05, 4.69) is 44.6 Å². The number of carbonyl (C=O) groups excluding carboxylic acids is 1. The van der Waals surface area contributed by atoms with Crippen molar-refractivity contribution in [2.45, 2.75) is 38.5 Å². The topological polar surface area (TPSA) is 112 Å². The Kier molecular flexibility index (Phi) is 5.02. The molecule has 1 saturated heterocycles. The molecular weight excluding hydrogens is 360 g/mol. The van der Waals surface area contributed by atoms with Gasteiger partial charge in [0.05, 0.1) is 30.3 Å². The first kappa shape index (κ1) is 18.1. The molecule has 28 heavy (non-hydrogen) atoms. The second-order valence-electron chi connectivity index (χ2n) is 6.85. The summed E-state index contributed by atoms with van der Waals surface area (Å²) in [5.41, 5.74) is 1.51. The van der Waals surface area contributed by atoms with Gasteiger partial charge >= 0.3 is 6.03 Å². The summed E-state index contributed by atoms with van der Waals surface area (Å²) in [5, 5.41) is 14.3. The molecule has 146 valence electrons. The number of aromatic nitrogens is 6. The standard InChI is InChI=1S/C18H22N8O2/c1-12(2)25-10-13(8-21-25)16-15(4-7-28-16)24-18(27)23-14-9-22-26(11-14)17-19-5-3-6-20-17/h3,5-6,8-12,15-16H,4,7H2,1-2H3,(H2,23,24,27)/t15-,16+/m1/s1. The van der Waals surface area contributed by atoms with Gasteiger partial charge in [-0.25, -0.2) is 19.4 Å². The van der Waals surface area contributed by atoms with E-state index < -0.39 is 0 Å². The monoisotopic (exact) mass is 382 g/mol. The highest BCUT2D eigenvalue weighted by atomic mass is 16.5. The number of carbonyl (C=O) groups is 1. The number of urea groups is 1. The van der Waals surface area contributed by atoms with Crippen molar-refractivity contribution in [3.05, 3.63) is 48.8 Å². The molecule has 10 heteroatoms. The van der Waals surface area contributed by atoms with Crippen molar-refractivity contribution in [1.82, 2.24) is 34.8 Å². The van der Waals surface area contributed by atoms with Crippen LogP contribution in [0.1, 0.15) is 38.0 Å². The molecule has 1 aliphatic heterocycles. The molecule has 2 N–H and O–H groups in total. The van der Waals surface area contributed by atoms with Gasteiger partial charge in [-0.05, 0) is 26.3 Å². The largest absolute Gasteiger partial charge is 0.371 e. The molecule has 0 saturated carbocycles. The Balaban J connectivity index is 1.38. The average molecular weight is 382 g/mol. The number of hydrogen-bond donors (Lipinski definition) is 2. The van der Waals surface area contributed by atoms with Crippen molar-refractivity contribution in [2.24, 2.45) is 0 Å². The Labute approximate surface area is 161 Å². The van der Waals surface area contributed by atoms with Crippen LogP contribution < -0.4 is 10.6 Å². The zero-order valence-corrected chi connectivity index (χ0v) is 15.7. The maximum absolute atomic E-state index is 12.4. The van der Waals surface area contributed by atoms with Gasteiger partial charge in [0.25, 0.3) is 0 Å². The maximum Gasteiger partial charge on any atom is 0.319 e. The van der Waals surface area contributed by atoms with Crippen LogP contribution in [0.25, 0.3) is 5.95 Å². The quantitative estimate of drug-likeness (QED) is 0.699. The zero-order valence-electron chi connectivity index (χ0n) is 15.7. The molecule has 10 nitrogen and oxygen atoms in total. The lowest BCUT2D eigenvalue weighted by atomic mass is 10.1. The van der Waals surface area contributed by atoms with Crippen molar-refractivity contribution in [1.29, 1.82) is 0 Å². The van der Waals surface area contributed by atoms with Crippen LogP contribution in [0, 0.1) is 0 Å². The smallest absolute Gasteiger partial charge is 0.319 e. The maximum atomic E-state index is 12.4. The van der Waals surface area contributed by atoms with Gasteiger partial charge in [0, 0.05) is 36.8 Å². The van der Waals surface area contributed by atoms with Crippen LogP contribution in [0.4, 0.5) is 10.5 Å². The number of anilines is 1. The number of hydrogen-bond acceptors (Lipinski definition) is 6. The summed E-state index contributed by atoms with van der Waals surface area (Å²) in [6.07, 6.45) is 10.8. The van der Waals surface area contributed by atoms with Gasteiger partial charge in [-0.15, -0.1) is 0 Å². The molecule has 1 aliphatic rings. The molecule has 4 rings (SSSR count). The van der Waals surface area contributed by atoms with Crippen LogP contribution in [0.2, 0.25) is 0 Å². The summed E-state index contributed by atoms with van der Waals surface area (Å²) in [5.74, 6) is 0.433. The fourth-order valence-electron chi connectivity index (χ4n) is 3.09. The molecule has 3 aromatic heterocycles. The first-order valence-electron chi connectivity index (χ1n) is 9.15. The van der Waals surface area contributed by atoms with E-state index in [1.807, 2.05) is 10.9 Å². The molecule has 0 unspecified atom stereocenters. The molecule has 0 aliphatic carbocycles. The normalized spacial score (nSPS) is 19.1. The highest BCUT2D eigenvalue weighted by Crippen LogP contribution is 2.29. The van der Waals surface area contributed by atoms with Crippen molar-refractivity contribution in [2.75, 3.05) is 11.9 Å². The second kappa shape index (κ2) is 7.77. The van der Waals surface area contributed by atoms with Gasteiger partial charge in [0.2, 0.25) is 5.95 Å². The van der Waals surface area contributed by atoms with E-state index in [9.17, 15) is 4.79 Å². The van der Waals surface area contributed by atoms with E-state index in [1.54, 1.807) is 37.1 Å². The van der Waals surface area contributed by atoms with Gasteiger partial charge in [0.1, 0.15) is 6.10 Å². The fraction of sp³-hybridized carbons (Fsp3) is 0.389. The lowest BCUT2D eigenvalue weighted by molar-refractivity contribution is 0.100. The Morgan fingerprint density at radius 2 is 2.04 bits per heavy atom. The van der Waals surface area contributed by atoms with Crippen molar-refractivity contribution < 1.29 is 9.53 Å². The fourth-order valence-corrected chi connectivity index (χ4v) is 3.09. The Morgan fingerprint density at radius 1 is 1.21 bits per heavy atom. The number of rotatable bonds is 5. The van der Waals surface area contributed by atoms with E-state index in [1.165, 1.54) is 4.68 Å². The third-order valence-corrected chi connectivity index (χ3v) is 4.48. The second-order valence-corrected chi connectivity index (χ2v) is 6.85. The highest BCUT2D eigenvalue weighted by molar-refractivity contribution is 5.89. The summed E-state index contributed by atoms with van der Waals surface area (Å²) < 4.78 is 9.21. The van der Waals surface area contributed by atoms with E-state index in [4.69, 9.17) is 4.74 Å². The summed E-state index contributed by atoms with van der Waals surface area (Å²) in [4.78, 5) is 20.7. The molecule has 4 heterocycles. The van der Waals surface area contributed by atoms with Gasteiger partial charge in [-0.1, -0.05) is 0 Å². The lowest BCUT2D eigenvalue weighted by Crippen LogP contribution is -2.39. The van der Waals surface area contributed by atoms with Gasteiger partial charge in [-0.3, -0.25) is 4.68 Å². The van der Waals surface area contributed by atoms with Gasteiger partial charge < -0.3 is 15.4 Å². The molecule has 0 spiro atoms. The first-order valence-corrected chi connectivity index (χ1v) is 9.15. The van der Waals surface area contributed by atoms with Crippen LogP contribution >= 0.6 is 0 Å². The summed E-state index contributed by atoms with van der Waals surface area (Å²) in [7, 11) is 0. The van der Waals surface area contributed by atoms with Gasteiger partial charge in [0.15, 0.2) is 0 Å². The number of amides is 2. The Bertz CT molecular complexity index is 936. The van der Waals surface area contributed by atoms with Crippen molar-refractivity contribution in [3.63, 3.8) is 0 Å². The summed E-state index contributed by atoms with van der Waals surface area (Å²) in [6, 6.07) is 1.56. The predicted octanol–water partition coefficient (Wildman–Crippen LogP) is 2.09. The molecule has 3 aromatic rings. The molecule has 0 aromatic carbocycles. The minimum Gasteiger partial charge on any atom is -0.371 e. The van der Waals surface area contributed by atoms with Crippen LogP contribution in [0.3, 0.4) is 0 Å². The summed E-state index contributed by atoms with van der Waals surface area (Å²) in [6.45, 7) is 4.72. The Hall–Kier alpha value is -3.27. The van der Waals surface area contributed by atoms with Crippen LogP contribution in [-0.4, -0.2) is 48.2 Å². The van der Waals surface area contributed by atoms with Crippen molar-refractivity contribution >= 4 is 11.7 Å². The minimum atomic E-state index is -0.315. The van der Waals surface area contributed by atoms with E-state index in [0.29, 0.717) is 18.2 Å². The van der Waals surface area contributed by atoms with E-state index >= 15 is 0 Å². The highest BCUT2D eigenvalue weighted by Gasteiger charge is 2.32.